The summed E-state index contributed by atoms with van der Waals surface area (Å²) in [6.07, 6.45) is 7.56. The molecule has 2 saturated heterocycles. The van der Waals surface area contributed by atoms with Gasteiger partial charge in [-0.1, -0.05) is 0 Å². The highest BCUT2D eigenvalue weighted by Crippen LogP contribution is 2.32. The Bertz CT molecular complexity index is 793. The average Bonchev–Trinajstić information content (AvgIpc) is 2.74. The highest BCUT2D eigenvalue weighted by Gasteiger charge is 2.17. The van der Waals surface area contributed by atoms with E-state index in [4.69, 9.17) is 4.74 Å². The largest absolute Gasteiger partial charge is 0.378 e. The number of carbonyl (C=O) groups is 1. The van der Waals surface area contributed by atoms with Crippen molar-refractivity contribution in [3.63, 3.8) is 0 Å². The Balaban J connectivity index is 0.00000150. The number of piperidine rings is 1. The van der Waals surface area contributed by atoms with Gasteiger partial charge in [-0.15, -0.1) is 24.8 Å². The molecule has 2 N–H and O–H groups in total. The van der Waals surface area contributed by atoms with Crippen molar-refractivity contribution in [3.05, 3.63) is 30.6 Å². The van der Waals surface area contributed by atoms with Crippen LogP contribution < -0.4 is 15.5 Å². The summed E-state index contributed by atoms with van der Waals surface area (Å²) >= 11 is 0. The number of benzene rings is 1. The summed E-state index contributed by atoms with van der Waals surface area (Å²) in [5.74, 6) is 0.761. The van der Waals surface area contributed by atoms with E-state index in [1.807, 2.05) is 24.5 Å². The van der Waals surface area contributed by atoms with E-state index in [0.717, 1.165) is 62.3 Å². The fourth-order valence-electron chi connectivity index (χ4n) is 4.08. The molecule has 8 heteroatoms. The smallest absolute Gasteiger partial charge is 0.224 e. The number of pyridine rings is 1. The maximum absolute atomic E-state index is 12.5. The molecule has 0 spiro atoms. The predicted octanol–water partition coefficient (Wildman–Crippen LogP) is 3.63. The number of nitrogens with zero attached hydrogens (tertiary/aromatic N) is 2. The van der Waals surface area contributed by atoms with E-state index >= 15 is 0 Å². The quantitative estimate of drug-likeness (QED) is 0.742. The van der Waals surface area contributed by atoms with Gasteiger partial charge in [-0.25, -0.2) is 0 Å². The zero-order valence-electron chi connectivity index (χ0n) is 16.6. The monoisotopic (exact) mass is 440 g/mol. The van der Waals surface area contributed by atoms with Gasteiger partial charge >= 0.3 is 0 Å². The maximum Gasteiger partial charge on any atom is 0.224 e. The lowest BCUT2D eigenvalue weighted by Crippen LogP contribution is -2.36. The van der Waals surface area contributed by atoms with E-state index in [0.29, 0.717) is 12.3 Å². The number of anilines is 2. The van der Waals surface area contributed by atoms with E-state index in [1.165, 1.54) is 18.5 Å². The first-order chi connectivity index (χ1) is 13.3. The standard InChI is InChI=1S/C21H28N4O2.2ClH/c26-21(4-1-16-5-8-22-9-6-16)24-19-2-3-20(25-11-13-27-14-12-25)17-7-10-23-15-18(17)19;;/h2-3,7,10,15-16,22H,1,4-6,8-9,11-14H2,(H,24,26);2*1H. The second-order valence-corrected chi connectivity index (χ2v) is 7.43. The third-order valence-corrected chi connectivity index (χ3v) is 5.66. The molecule has 0 radical (unpaired) electrons. The van der Waals surface area contributed by atoms with E-state index in [-0.39, 0.29) is 30.7 Å². The van der Waals surface area contributed by atoms with Gasteiger partial charge < -0.3 is 20.3 Å². The fourth-order valence-corrected chi connectivity index (χ4v) is 4.08. The zero-order valence-corrected chi connectivity index (χ0v) is 18.2. The molecule has 2 aromatic rings. The minimum atomic E-state index is 0. The summed E-state index contributed by atoms with van der Waals surface area (Å²) in [6, 6.07) is 6.15. The molecular weight excluding hydrogens is 411 g/mol. The number of hydrogen-bond acceptors (Lipinski definition) is 5. The molecule has 0 unspecified atom stereocenters. The molecule has 2 aliphatic heterocycles. The molecule has 0 bridgehead atoms. The van der Waals surface area contributed by atoms with Gasteiger partial charge in [0.15, 0.2) is 0 Å². The number of fused-ring (bicyclic) bond motifs is 1. The van der Waals surface area contributed by atoms with E-state index in [2.05, 4.69) is 26.6 Å². The predicted molar refractivity (Wildman–Crippen MR) is 123 cm³/mol. The van der Waals surface area contributed by atoms with Gasteiger partial charge in [0, 0.05) is 48.4 Å². The number of rotatable bonds is 5. The molecule has 3 heterocycles. The number of halogens is 2. The lowest BCUT2D eigenvalue weighted by atomic mass is 9.93. The van der Waals surface area contributed by atoms with Crippen LogP contribution in [-0.4, -0.2) is 50.3 Å². The van der Waals surface area contributed by atoms with Crippen molar-refractivity contribution in [2.24, 2.45) is 5.92 Å². The summed E-state index contributed by atoms with van der Waals surface area (Å²) in [4.78, 5) is 19.1. The van der Waals surface area contributed by atoms with Crippen LogP contribution in [0.3, 0.4) is 0 Å². The molecule has 2 fully saturated rings. The molecular formula is C21H30Cl2N4O2. The van der Waals surface area contributed by atoms with Gasteiger partial charge in [-0.2, -0.15) is 0 Å². The fraction of sp³-hybridized carbons (Fsp3) is 0.524. The second kappa shape index (κ2) is 11.6. The third-order valence-electron chi connectivity index (χ3n) is 5.66. The number of hydrogen-bond donors (Lipinski definition) is 2. The number of ether oxygens (including phenoxy) is 1. The van der Waals surface area contributed by atoms with E-state index in [9.17, 15) is 4.79 Å². The lowest BCUT2D eigenvalue weighted by Gasteiger charge is -2.30. The van der Waals surface area contributed by atoms with Gasteiger partial charge in [0.05, 0.1) is 18.9 Å². The maximum atomic E-state index is 12.5. The summed E-state index contributed by atoms with van der Waals surface area (Å²) in [7, 11) is 0. The number of nitrogens with one attached hydrogen (secondary N) is 2. The highest BCUT2D eigenvalue weighted by molar-refractivity contribution is 6.06. The summed E-state index contributed by atoms with van der Waals surface area (Å²) in [5.41, 5.74) is 2.04. The Morgan fingerprint density at radius 1 is 1.14 bits per heavy atom. The summed E-state index contributed by atoms with van der Waals surface area (Å²) in [5, 5.41) is 8.62. The first-order valence-corrected chi connectivity index (χ1v) is 10.0. The van der Waals surface area contributed by atoms with Crippen LogP contribution >= 0.6 is 24.8 Å². The van der Waals surface area contributed by atoms with Crippen LogP contribution in [0.15, 0.2) is 30.6 Å². The molecule has 1 amide bonds. The van der Waals surface area contributed by atoms with Crippen molar-refractivity contribution in [1.82, 2.24) is 10.3 Å². The molecule has 160 valence electrons. The molecule has 1 aromatic heterocycles. The molecule has 4 rings (SSSR count). The second-order valence-electron chi connectivity index (χ2n) is 7.43. The zero-order chi connectivity index (χ0) is 18.5. The summed E-state index contributed by atoms with van der Waals surface area (Å²) < 4.78 is 5.47. The Hall–Kier alpha value is -1.60. The van der Waals surface area contributed by atoms with Gasteiger partial charge in [-0.05, 0) is 56.5 Å². The highest BCUT2D eigenvalue weighted by atomic mass is 35.5. The topological polar surface area (TPSA) is 66.5 Å². The van der Waals surface area contributed by atoms with Crippen LogP contribution in [0.1, 0.15) is 25.7 Å². The van der Waals surface area contributed by atoms with Crippen LogP contribution in [-0.2, 0) is 9.53 Å². The van der Waals surface area contributed by atoms with Crippen LogP contribution in [0.2, 0.25) is 0 Å². The van der Waals surface area contributed by atoms with Crippen molar-refractivity contribution >= 4 is 52.9 Å². The Labute approximate surface area is 184 Å². The Morgan fingerprint density at radius 3 is 2.66 bits per heavy atom. The number of aromatic nitrogens is 1. The Morgan fingerprint density at radius 2 is 1.90 bits per heavy atom. The van der Waals surface area contributed by atoms with Gasteiger partial charge in [0.1, 0.15) is 0 Å². The summed E-state index contributed by atoms with van der Waals surface area (Å²) in [6.45, 7) is 5.43. The third kappa shape index (κ3) is 5.95. The van der Waals surface area contributed by atoms with Crippen LogP contribution in [0.4, 0.5) is 11.4 Å². The SMILES string of the molecule is Cl.Cl.O=C(CCC1CCNCC1)Nc1ccc(N2CCOCC2)c2ccncc12. The lowest BCUT2D eigenvalue weighted by molar-refractivity contribution is -0.116. The van der Waals surface area contributed by atoms with Crippen LogP contribution in [0.25, 0.3) is 10.8 Å². The van der Waals surface area contributed by atoms with Crippen molar-refractivity contribution in [1.29, 1.82) is 0 Å². The average molecular weight is 441 g/mol. The van der Waals surface area contributed by atoms with Gasteiger partial charge in [-0.3, -0.25) is 9.78 Å². The first kappa shape index (κ1) is 23.7. The molecule has 6 nitrogen and oxygen atoms in total. The molecule has 29 heavy (non-hydrogen) atoms. The molecule has 0 atom stereocenters. The van der Waals surface area contributed by atoms with Gasteiger partial charge in [0.25, 0.3) is 0 Å². The number of amides is 1. The molecule has 0 aliphatic carbocycles. The molecule has 0 saturated carbocycles. The van der Waals surface area contributed by atoms with Gasteiger partial charge in [0.2, 0.25) is 5.91 Å². The molecule has 2 aliphatic rings. The number of morpholine rings is 1. The van der Waals surface area contributed by atoms with Crippen molar-refractivity contribution in [3.8, 4) is 0 Å². The number of carbonyl (C=O) groups excluding carboxylic acids is 1. The van der Waals surface area contributed by atoms with Crippen molar-refractivity contribution in [2.45, 2.75) is 25.7 Å². The van der Waals surface area contributed by atoms with Crippen molar-refractivity contribution < 1.29 is 9.53 Å². The van der Waals surface area contributed by atoms with Crippen LogP contribution in [0.5, 0.6) is 0 Å². The normalized spacial score (nSPS) is 17.3. The van der Waals surface area contributed by atoms with E-state index < -0.39 is 0 Å². The molecule has 1 aromatic carbocycles. The van der Waals surface area contributed by atoms with E-state index in [1.54, 1.807) is 0 Å². The first-order valence-electron chi connectivity index (χ1n) is 10.0. The minimum Gasteiger partial charge on any atom is -0.378 e. The van der Waals surface area contributed by atoms with Crippen LogP contribution in [0, 0.1) is 5.92 Å². The minimum absolute atomic E-state index is 0. The Kier molecular flexibility index (Phi) is 9.43. The van der Waals surface area contributed by atoms with Crippen molar-refractivity contribution in [2.75, 3.05) is 49.6 Å².